The van der Waals surface area contributed by atoms with Gasteiger partial charge in [-0.1, -0.05) is 33.6 Å². The molecule has 1 rings (SSSR count). The Hall–Kier alpha value is -0.0200. The van der Waals surface area contributed by atoms with Crippen LogP contribution in [0.25, 0.3) is 0 Å². The quantitative estimate of drug-likeness (QED) is 0.743. The minimum Gasteiger partial charge on any atom is -0.486 e. The van der Waals surface area contributed by atoms with E-state index in [1.54, 1.807) is 18.4 Å². The summed E-state index contributed by atoms with van der Waals surface area (Å²) in [5.74, 6) is 0. The minimum atomic E-state index is 0.238. The highest BCUT2D eigenvalue weighted by atomic mass is 79.9. The van der Waals surface area contributed by atoms with E-state index < -0.39 is 0 Å². The molecule has 0 N–H and O–H groups in total. The number of unbranched alkanes of at least 4 members (excludes halogenated alkanes) is 1. The van der Waals surface area contributed by atoms with Gasteiger partial charge in [-0.05, 0) is 38.7 Å². The van der Waals surface area contributed by atoms with Gasteiger partial charge in [-0.2, -0.15) is 0 Å². The van der Waals surface area contributed by atoms with Crippen molar-refractivity contribution >= 4 is 27.3 Å². The van der Waals surface area contributed by atoms with E-state index in [4.69, 9.17) is 4.74 Å². The van der Waals surface area contributed by atoms with Crippen LogP contribution in [0.1, 0.15) is 45.6 Å². The average Bonchev–Trinajstić information content (AvgIpc) is 2.57. The molecule has 0 aliphatic carbocycles. The predicted molar refractivity (Wildman–Crippen MR) is 71.1 cm³/mol. The maximum atomic E-state index is 5.30. The van der Waals surface area contributed by atoms with Crippen LogP contribution in [0.4, 0.5) is 0 Å². The summed E-state index contributed by atoms with van der Waals surface area (Å²) in [5, 5.41) is 3.19. The van der Waals surface area contributed by atoms with Gasteiger partial charge in [0.1, 0.15) is 0 Å². The molecule has 0 atom stereocenters. The van der Waals surface area contributed by atoms with Gasteiger partial charge in [-0.25, -0.2) is 0 Å². The Kier molecular flexibility index (Phi) is 4.65. The van der Waals surface area contributed by atoms with Gasteiger partial charge in [0, 0.05) is 0 Å². The van der Waals surface area contributed by atoms with Gasteiger partial charge in [0.15, 0.2) is 5.06 Å². The Morgan fingerprint density at radius 1 is 1.47 bits per heavy atom. The topological polar surface area (TPSA) is 9.23 Å². The summed E-state index contributed by atoms with van der Waals surface area (Å²) >= 11 is 5.29. The molecule has 0 fully saturated rings. The van der Waals surface area contributed by atoms with Crippen LogP contribution in [-0.4, -0.2) is 7.11 Å². The fourth-order valence-corrected chi connectivity index (χ4v) is 3.89. The molecule has 1 aromatic heterocycles. The molecule has 1 aromatic rings. The normalized spacial score (nSPS) is 11.8. The summed E-state index contributed by atoms with van der Waals surface area (Å²) in [4.78, 5) is 0. The lowest BCUT2D eigenvalue weighted by atomic mass is 9.82. The Morgan fingerprint density at radius 2 is 2.13 bits per heavy atom. The number of methoxy groups -OCH3 is 1. The van der Waals surface area contributed by atoms with Crippen LogP contribution < -0.4 is 4.74 Å². The molecule has 0 aromatic carbocycles. The summed E-state index contributed by atoms with van der Waals surface area (Å²) in [6, 6.07) is 0. The molecule has 0 aliphatic heterocycles. The van der Waals surface area contributed by atoms with Crippen molar-refractivity contribution in [3.63, 3.8) is 0 Å². The van der Waals surface area contributed by atoms with Gasteiger partial charge in [0.05, 0.1) is 11.6 Å². The summed E-state index contributed by atoms with van der Waals surface area (Å²) in [7, 11) is 1.72. The Labute approximate surface area is 105 Å². The maximum Gasteiger partial charge on any atom is 0.188 e. The van der Waals surface area contributed by atoms with Gasteiger partial charge in [0.25, 0.3) is 0 Å². The van der Waals surface area contributed by atoms with Crippen LogP contribution in [0.5, 0.6) is 5.06 Å². The number of hydrogen-bond donors (Lipinski definition) is 0. The molecular formula is C12H19BrOS. The lowest BCUT2D eigenvalue weighted by Crippen LogP contribution is -2.16. The molecule has 1 nitrogen and oxygen atoms in total. The summed E-state index contributed by atoms with van der Waals surface area (Å²) in [6.07, 6.45) is 3.75. The monoisotopic (exact) mass is 290 g/mol. The van der Waals surface area contributed by atoms with E-state index in [2.05, 4.69) is 42.1 Å². The predicted octanol–water partition coefficient (Wildman–Crippen LogP) is 4.99. The lowest BCUT2D eigenvalue weighted by Gasteiger charge is -2.24. The van der Waals surface area contributed by atoms with Crippen molar-refractivity contribution in [2.24, 2.45) is 0 Å². The number of halogens is 1. The first kappa shape index (κ1) is 13.0. The van der Waals surface area contributed by atoms with Crippen molar-refractivity contribution < 1.29 is 4.74 Å². The van der Waals surface area contributed by atoms with Crippen LogP contribution in [0, 0.1) is 0 Å². The molecule has 0 saturated carbocycles. The largest absolute Gasteiger partial charge is 0.486 e. The maximum absolute atomic E-state index is 5.30. The third-order valence-corrected chi connectivity index (χ3v) is 4.76. The summed E-state index contributed by atoms with van der Waals surface area (Å²) in [6.45, 7) is 6.84. The van der Waals surface area contributed by atoms with Crippen LogP contribution in [0.2, 0.25) is 0 Å². The summed E-state index contributed by atoms with van der Waals surface area (Å²) in [5.41, 5.74) is 1.61. The number of ether oxygens (including phenoxy) is 1. The highest BCUT2D eigenvalue weighted by Crippen LogP contribution is 2.43. The SMILES string of the molecule is CCCCC(C)(C)c1csc(OC)c1Br. The van der Waals surface area contributed by atoms with E-state index in [9.17, 15) is 0 Å². The van der Waals surface area contributed by atoms with Crippen molar-refractivity contribution in [2.75, 3.05) is 7.11 Å². The molecule has 0 saturated heterocycles. The third-order valence-electron chi connectivity index (χ3n) is 2.77. The zero-order valence-corrected chi connectivity index (χ0v) is 12.3. The molecule has 15 heavy (non-hydrogen) atoms. The molecule has 0 radical (unpaired) electrons. The molecule has 1 heterocycles. The van der Waals surface area contributed by atoms with E-state index in [0.717, 1.165) is 9.54 Å². The van der Waals surface area contributed by atoms with E-state index in [-0.39, 0.29) is 5.41 Å². The zero-order chi connectivity index (χ0) is 11.5. The second-order valence-corrected chi connectivity index (χ2v) is 6.08. The number of hydrogen-bond acceptors (Lipinski definition) is 2. The molecule has 0 unspecified atom stereocenters. The molecule has 3 heteroatoms. The Balaban J connectivity index is 2.88. The van der Waals surface area contributed by atoms with Crippen LogP contribution in [0.3, 0.4) is 0 Å². The highest BCUT2D eigenvalue weighted by Gasteiger charge is 2.25. The van der Waals surface area contributed by atoms with Crippen LogP contribution in [-0.2, 0) is 5.41 Å². The molecule has 0 amide bonds. The van der Waals surface area contributed by atoms with E-state index in [1.807, 2.05) is 0 Å². The van der Waals surface area contributed by atoms with E-state index in [1.165, 1.54) is 24.8 Å². The minimum absolute atomic E-state index is 0.238. The van der Waals surface area contributed by atoms with Gasteiger partial charge < -0.3 is 4.74 Å². The summed E-state index contributed by atoms with van der Waals surface area (Å²) < 4.78 is 6.43. The van der Waals surface area contributed by atoms with Gasteiger partial charge >= 0.3 is 0 Å². The van der Waals surface area contributed by atoms with Crippen LogP contribution >= 0.6 is 27.3 Å². The fourth-order valence-electron chi connectivity index (χ4n) is 1.67. The highest BCUT2D eigenvalue weighted by molar-refractivity contribution is 9.10. The average molecular weight is 291 g/mol. The van der Waals surface area contributed by atoms with Gasteiger partial charge in [-0.15, -0.1) is 11.3 Å². The van der Waals surface area contributed by atoms with Crippen molar-refractivity contribution in [2.45, 2.75) is 45.4 Å². The second-order valence-electron chi connectivity index (χ2n) is 4.44. The first-order chi connectivity index (χ1) is 7.03. The smallest absolute Gasteiger partial charge is 0.188 e. The first-order valence-corrected chi connectivity index (χ1v) is 7.01. The molecule has 86 valence electrons. The number of thiophene rings is 1. The lowest BCUT2D eigenvalue weighted by molar-refractivity contribution is 0.419. The van der Waals surface area contributed by atoms with Gasteiger partial charge in [0.2, 0.25) is 0 Å². The van der Waals surface area contributed by atoms with E-state index in [0.29, 0.717) is 0 Å². The van der Waals surface area contributed by atoms with E-state index >= 15 is 0 Å². The second kappa shape index (κ2) is 5.35. The van der Waals surface area contributed by atoms with Crippen molar-refractivity contribution in [1.82, 2.24) is 0 Å². The zero-order valence-electron chi connectivity index (χ0n) is 9.89. The van der Waals surface area contributed by atoms with Gasteiger partial charge in [-0.3, -0.25) is 0 Å². The molecule has 0 spiro atoms. The van der Waals surface area contributed by atoms with Crippen LogP contribution in [0.15, 0.2) is 9.85 Å². The standard InChI is InChI=1S/C12H19BrOS/c1-5-6-7-12(2,3)9-8-15-11(14-4)10(9)13/h8H,5-7H2,1-4H3. The fraction of sp³-hybridized carbons (Fsp3) is 0.667. The number of rotatable bonds is 5. The first-order valence-electron chi connectivity index (χ1n) is 5.34. The Bertz CT molecular complexity index is 317. The molecule has 0 aliphatic rings. The van der Waals surface area contributed by atoms with Crippen molar-refractivity contribution in [3.05, 3.63) is 15.4 Å². The third kappa shape index (κ3) is 2.97. The molecular weight excluding hydrogens is 272 g/mol. The van der Waals surface area contributed by atoms with Crippen molar-refractivity contribution in [3.8, 4) is 5.06 Å². The van der Waals surface area contributed by atoms with Crippen molar-refractivity contribution in [1.29, 1.82) is 0 Å². The Morgan fingerprint density at radius 3 is 2.60 bits per heavy atom. The molecule has 0 bridgehead atoms.